The number of carbonyl (C=O) groups excluding carboxylic acids is 1. The van der Waals surface area contributed by atoms with Gasteiger partial charge in [0.05, 0.1) is 6.61 Å². The zero-order valence-electron chi connectivity index (χ0n) is 6.63. The van der Waals surface area contributed by atoms with E-state index < -0.39 is 0 Å². The van der Waals surface area contributed by atoms with Crippen LogP contribution in [-0.4, -0.2) is 16.1 Å². The fraction of sp³-hybridized carbons (Fsp3) is 0.429. The Balaban J connectivity index is 4.08. The molecule has 0 aliphatic carbocycles. The molecule has 4 heteroatoms. The van der Waals surface area contributed by atoms with Crippen LogP contribution in [0.5, 0.6) is 0 Å². The number of thiol groups is 2. The van der Waals surface area contributed by atoms with Crippen LogP contribution in [0.25, 0.3) is 0 Å². The molecule has 11 heavy (non-hydrogen) atoms. The summed E-state index contributed by atoms with van der Waals surface area (Å²) in [6, 6.07) is 0. The Labute approximate surface area is 76.0 Å². The maximum atomic E-state index is 11.0. The number of hydrogen-bond donors (Lipinski definition) is 2. The highest BCUT2D eigenvalue weighted by Gasteiger charge is 1.97. The van der Waals surface area contributed by atoms with E-state index in [9.17, 15) is 4.79 Å². The Morgan fingerprint density at radius 3 is 2.64 bits per heavy atom. The number of ether oxygens (including phenoxy) is 1. The molecule has 0 aliphatic heterocycles. The minimum Gasteiger partial charge on any atom is -0.335 e. The smallest absolute Gasteiger partial charge is 0.209 e. The summed E-state index contributed by atoms with van der Waals surface area (Å²) in [4.78, 5) is 11.0. The van der Waals surface area contributed by atoms with E-state index in [1.54, 1.807) is 6.92 Å². The summed E-state index contributed by atoms with van der Waals surface area (Å²) < 4.78 is 5.40. The predicted molar refractivity (Wildman–Crippen MR) is 54.4 cm³/mol. The first kappa shape index (κ1) is 10.9. The monoisotopic (exact) mass is 192 g/mol. The van der Waals surface area contributed by atoms with Gasteiger partial charge in [0.25, 0.3) is 0 Å². The van der Waals surface area contributed by atoms with Gasteiger partial charge in [0.1, 0.15) is 4.38 Å². The van der Waals surface area contributed by atoms with Crippen molar-refractivity contribution in [3.8, 4) is 0 Å². The van der Waals surface area contributed by atoms with Crippen LogP contribution >= 0.6 is 24.0 Å². The molecule has 64 valence electrons. The van der Waals surface area contributed by atoms with Crippen LogP contribution in [0.15, 0.2) is 12.2 Å². The molecule has 0 radical (unpaired) electrons. The lowest BCUT2D eigenvalue weighted by atomic mass is 10.4. The van der Waals surface area contributed by atoms with Gasteiger partial charge in [0.2, 0.25) is 5.12 Å². The van der Waals surface area contributed by atoms with Crippen molar-refractivity contribution >= 4 is 33.5 Å². The molecule has 0 rings (SSSR count). The van der Waals surface area contributed by atoms with Gasteiger partial charge in [-0.25, -0.2) is 0 Å². The van der Waals surface area contributed by atoms with Gasteiger partial charge in [0.15, 0.2) is 0 Å². The summed E-state index contributed by atoms with van der Waals surface area (Å²) in [5.74, 6) is 0. The van der Waals surface area contributed by atoms with E-state index in [1.807, 2.05) is 6.92 Å². The van der Waals surface area contributed by atoms with E-state index in [0.29, 0.717) is 27.9 Å². The fourth-order valence-corrected chi connectivity index (χ4v) is 1.30. The van der Waals surface area contributed by atoms with Gasteiger partial charge < -0.3 is 4.74 Å². The third-order valence-corrected chi connectivity index (χ3v) is 2.17. The largest absolute Gasteiger partial charge is 0.335 e. The molecule has 0 aromatic rings. The van der Waals surface area contributed by atoms with Gasteiger partial charge in [-0.1, -0.05) is 17.9 Å². The number of carbonyl (C=O) groups is 1. The van der Waals surface area contributed by atoms with Crippen molar-refractivity contribution in [1.82, 2.24) is 0 Å². The van der Waals surface area contributed by atoms with E-state index >= 15 is 0 Å². The Hall–Kier alpha value is -0.0600. The molecule has 0 amide bonds. The fourth-order valence-electron chi connectivity index (χ4n) is 0.344. The molecule has 0 heterocycles. The van der Waals surface area contributed by atoms with Crippen LogP contribution < -0.4 is 0 Å². The second-order valence-corrected chi connectivity index (χ2v) is 3.71. The molecule has 0 saturated heterocycles. The molecule has 2 nitrogen and oxygen atoms in total. The molecule has 0 unspecified atom stereocenters. The second-order valence-electron chi connectivity index (χ2n) is 1.91. The zero-order valence-corrected chi connectivity index (χ0v) is 8.41. The first-order chi connectivity index (χ1) is 5.07. The molecule has 0 N–H and O–H groups in total. The van der Waals surface area contributed by atoms with Crippen molar-refractivity contribution in [2.45, 2.75) is 13.8 Å². The quantitative estimate of drug-likeness (QED) is 0.395. The van der Waals surface area contributed by atoms with Crippen LogP contribution in [0, 0.1) is 0 Å². The summed E-state index contributed by atoms with van der Waals surface area (Å²) in [6.45, 7) is 7.56. The van der Waals surface area contributed by atoms with E-state index in [2.05, 4.69) is 19.2 Å². The van der Waals surface area contributed by atoms with E-state index in [4.69, 9.17) is 4.74 Å². The molecule has 0 spiro atoms. The first-order valence-electron chi connectivity index (χ1n) is 3.18. The summed E-state index contributed by atoms with van der Waals surface area (Å²) in [7, 11) is 0. The van der Waals surface area contributed by atoms with E-state index in [1.165, 1.54) is 0 Å². The summed E-state index contributed by atoms with van der Waals surface area (Å²) in [6.07, 6.45) is 0. The topological polar surface area (TPSA) is 26.3 Å². The average molecular weight is 192 g/mol. The Kier molecular flexibility index (Phi) is 5.54. The third-order valence-electron chi connectivity index (χ3n) is 0.836. The Morgan fingerprint density at radius 2 is 2.27 bits per heavy atom. The van der Waals surface area contributed by atoms with Crippen LogP contribution in [0.3, 0.4) is 0 Å². The average Bonchev–Trinajstić information content (AvgIpc) is 1.87. The molecular weight excluding hydrogens is 180 g/mol. The van der Waals surface area contributed by atoms with Crippen molar-refractivity contribution in [2.24, 2.45) is 0 Å². The highest BCUT2D eigenvalue weighted by Crippen LogP contribution is 2.04. The van der Waals surface area contributed by atoms with Crippen LogP contribution in [0.4, 0.5) is 0 Å². The van der Waals surface area contributed by atoms with Crippen LogP contribution in [0.2, 0.25) is 0 Å². The second kappa shape index (κ2) is 5.57. The molecule has 0 fully saturated rings. The van der Waals surface area contributed by atoms with Gasteiger partial charge >= 0.3 is 0 Å². The van der Waals surface area contributed by atoms with Gasteiger partial charge in [-0.2, -0.15) is 0 Å². The minimum absolute atomic E-state index is 0.0524. The first-order valence-corrected chi connectivity index (χ1v) is 4.52. The summed E-state index contributed by atoms with van der Waals surface area (Å²) >= 11 is 4.43. The summed E-state index contributed by atoms with van der Waals surface area (Å²) in [5, 5.41) is -0.0524. The maximum Gasteiger partial charge on any atom is 0.209 e. The van der Waals surface area contributed by atoms with Crippen molar-refractivity contribution < 1.29 is 9.53 Å². The normalized spacial score (nSPS) is 12.1. The van der Waals surface area contributed by atoms with E-state index in [0.717, 1.165) is 0 Å². The molecule has 0 aromatic heterocycles. The summed E-state index contributed by atoms with van der Waals surface area (Å²) in [5.41, 5.74) is 0.526. The maximum absolute atomic E-state index is 11.0. The van der Waals surface area contributed by atoms with Crippen molar-refractivity contribution in [1.29, 1.82) is 0 Å². The van der Waals surface area contributed by atoms with E-state index in [-0.39, 0.29) is 5.12 Å². The van der Waals surface area contributed by atoms with Gasteiger partial charge in [-0.05, 0) is 19.4 Å². The van der Waals surface area contributed by atoms with Crippen LogP contribution in [-0.2, 0) is 9.53 Å². The third kappa shape index (κ3) is 5.24. The Bertz CT molecular complexity index is 197. The predicted octanol–water partition coefficient (Wildman–Crippen LogP) is 1.61. The van der Waals surface area contributed by atoms with Gasteiger partial charge in [0, 0.05) is 0 Å². The molecule has 0 saturated carbocycles. The van der Waals surface area contributed by atoms with Crippen molar-refractivity contribution in [3.63, 3.8) is 0 Å². The molecule has 0 aromatic carbocycles. The molecule has 0 bridgehead atoms. The molecule has 0 atom stereocenters. The number of rotatable bonds is 2. The van der Waals surface area contributed by atoms with Gasteiger partial charge in [-0.15, -0.1) is 12.6 Å². The van der Waals surface area contributed by atoms with Gasteiger partial charge in [-0.3, -0.25) is 4.79 Å². The highest BCUT2D eigenvalue weighted by atomic mass is 32.2. The lowest BCUT2D eigenvalue weighted by Crippen LogP contribution is -1.97. The lowest BCUT2D eigenvalue weighted by Gasteiger charge is -1.97. The lowest BCUT2D eigenvalue weighted by molar-refractivity contribution is -0.107. The standard InChI is InChI=1S/C7H12O2S2/c1-4-9-7(10)11-6(8)5(2)3/h10-11H,2,4H2,1,3H3. The SMILES string of the molecule is C=C(C)C(=O)[SH]=C(S)OCC. The number of hydrogen-bond acceptors (Lipinski definition) is 2. The zero-order chi connectivity index (χ0) is 8.85. The minimum atomic E-state index is -0.0524. The highest BCUT2D eigenvalue weighted by molar-refractivity contribution is 8.25. The van der Waals surface area contributed by atoms with Crippen LogP contribution in [0.1, 0.15) is 13.8 Å². The van der Waals surface area contributed by atoms with Crippen molar-refractivity contribution in [2.75, 3.05) is 6.61 Å². The molecular formula is C7H12O2S2. The Morgan fingerprint density at radius 1 is 1.73 bits per heavy atom. The molecule has 0 aliphatic rings. The van der Waals surface area contributed by atoms with Crippen molar-refractivity contribution in [3.05, 3.63) is 12.2 Å².